The molecule has 0 aliphatic heterocycles. The molecule has 0 unspecified atom stereocenters. The molecule has 136 valence electrons. The zero-order chi connectivity index (χ0) is 18.9. The predicted octanol–water partition coefficient (Wildman–Crippen LogP) is 5.27. The second-order valence-corrected chi connectivity index (χ2v) is 6.54. The van der Waals surface area contributed by atoms with Gasteiger partial charge in [0.2, 0.25) is 0 Å². The molecule has 0 amide bonds. The van der Waals surface area contributed by atoms with Crippen LogP contribution in [0.25, 0.3) is 0 Å². The Labute approximate surface area is 167 Å². The molecular weight excluding hydrogens is 395 g/mol. The summed E-state index contributed by atoms with van der Waals surface area (Å²) in [6, 6.07) is 8.07. The molecule has 0 bridgehead atoms. The van der Waals surface area contributed by atoms with Crippen molar-refractivity contribution < 1.29 is 4.74 Å². The number of methoxy groups -OCH3 is 1. The molecule has 0 aliphatic carbocycles. The molecule has 2 aromatic heterocycles. The number of ether oxygens (including phenoxy) is 1. The average Bonchev–Trinajstić information content (AvgIpc) is 2.62. The third-order valence-electron chi connectivity index (χ3n) is 3.41. The highest BCUT2D eigenvalue weighted by molar-refractivity contribution is 6.32. The van der Waals surface area contributed by atoms with E-state index in [1.807, 2.05) is 18.2 Å². The van der Waals surface area contributed by atoms with Crippen molar-refractivity contribution in [1.82, 2.24) is 19.9 Å². The third kappa shape index (κ3) is 6.75. The molecule has 0 aliphatic rings. The number of benzene rings is 1. The van der Waals surface area contributed by atoms with Gasteiger partial charge in [0.25, 0.3) is 0 Å². The smallest absolute Gasteiger partial charge is 0.149 e. The van der Waals surface area contributed by atoms with E-state index in [1.165, 1.54) is 18.0 Å². The quantitative estimate of drug-likeness (QED) is 0.585. The molecule has 0 saturated carbocycles. The Morgan fingerprint density at radius 2 is 1.54 bits per heavy atom. The molecule has 8 heteroatoms. The van der Waals surface area contributed by atoms with Gasteiger partial charge in [-0.2, -0.15) is 0 Å². The number of halogens is 3. The van der Waals surface area contributed by atoms with Crippen LogP contribution in [0.3, 0.4) is 0 Å². The molecule has 1 aromatic carbocycles. The maximum Gasteiger partial charge on any atom is 0.149 e. The Morgan fingerprint density at radius 1 is 0.923 bits per heavy atom. The summed E-state index contributed by atoms with van der Waals surface area (Å²) in [4.78, 5) is 15.6. The van der Waals surface area contributed by atoms with Gasteiger partial charge in [-0.05, 0) is 30.0 Å². The van der Waals surface area contributed by atoms with Crippen LogP contribution in [0, 0.1) is 0 Å². The van der Waals surface area contributed by atoms with E-state index in [4.69, 9.17) is 39.5 Å². The molecule has 0 radical (unpaired) electrons. The third-order valence-corrected chi connectivity index (χ3v) is 3.96. The Balaban J connectivity index is 0.000000254. The Bertz CT molecular complexity index is 831. The van der Waals surface area contributed by atoms with Crippen LogP contribution in [-0.4, -0.2) is 27.0 Å². The number of hydrogen-bond donors (Lipinski definition) is 0. The van der Waals surface area contributed by atoms with Crippen molar-refractivity contribution in [2.45, 2.75) is 19.3 Å². The van der Waals surface area contributed by atoms with E-state index in [0.29, 0.717) is 21.4 Å². The topological polar surface area (TPSA) is 60.8 Å². The minimum atomic E-state index is 0.317. The van der Waals surface area contributed by atoms with E-state index in [-0.39, 0.29) is 0 Å². The van der Waals surface area contributed by atoms with Gasteiger partial charge in [-0.1, -0.05) is 53.9 Å². The summed E-state index contributed by atoms with van der Waals surface area (Å²) < 4.78 is 5.23. The standard InChI is InChI=1S/C14H15ClN2O.C4H2Cl2N2/c1-10(6-12-8-16-9-14(15)17-12)11-4-3-5-13(7-11)18-2;5-3-1-7-2-4(6)8-3/h3-5,7-10H,6H2,1-2H3;1-2H/t10-;/m0./s1. The summed E-state index contributed by atoms with van der Waals surface area (Å²) >= 11 is 16.6. The molecule has 3 aromatic rings. The van der Waals surface area contributed by atoms with Gasteiger partial charge >= 0.3 is 0 Å². The molecule has 0 saturated heterocycles. The van der Waals surface area contributed by atoms with Crippen molar-refractivity contribution in [3.63, 3.8) is 0 Å². The van der Waals surface area contributed by atoms with Crippen molar-refractivity contribution in [3.05, 3.63) is 75.8 Å². The first-order chi connectivity index (χ1) is 12.5. The van der Waals surface area contributed by atoms with Gasteiger partial charge in [-0.15, -0.1) is 0 Å². The molecule has 26 heavy (non-hydrogen) atoms. The summed E-state index contributed by atoms with van der Waals surface area (Å²) in [6.07, 6.45) is 6.95. The van der Waals surface area contributed by atoms with Gasteiger partial charge in [0.15, 0.2) is 0 Å². The van der Waals surface area contributed by atoms with Crippen LogP contribution in [0.4, 0.5) is 0 Å². The van der Waals surface area contributed by atoms with Crippen LogP contribution in [0.15, 0.2) is 49.1 Å². The van der Waals surface area contributed by atoms with Crippen LogP contribution in [0.2, 0.25) is 15.5 Å². The highest BCUT2D eigenvalue weighted by Gasteiger charge is 2.09. The van der Waals surface area contributed by atoms with Gasteiger partial charge in [0.05, 0.1) is 31.4 Å². The number of rotatable bonds is 4. The summed E-state index contributed by atoms with van der Waals surface area (Å²) in [6.45, 7) is 2.15. The first-order valence-corrected chi connectivity index (χ1v) is 8.84. The SMILES string of the molecule is COc1cccc([C@@H](C)Cc2cncc(Cl)n2)c1.Clc1cncc(Cl)n1. The Morgan fingerprint density at radius 3 is 2.08 bits per heavy atom. The first-order valence-electron chi connectivity index (χ1n) is 7.71. The van der Waals surface area contributed by atoms with Crippen LogP contribution < -0.4 is 4.74 Å². The number of hydrogen-bond acceptors (Lipinski definition) is 5. The minimum Gasteiger partial charge on any atom is -0.497 e. The zero-order valence-electron chi connectivity index (χ0n) is 14.2. The lowest BCUT2D eigenvalue weighted by Gasteiger charge is -2.12. The lowest BCUT2D eigenvalue weighted by Crippen LogP contribution is -2.01. The van der Waals surface area contributed by atoms with E-state index in [2.05, 4.69) is 32.9 Å². The lowest BCUT2D eigenvalue weighted by molar-refractivity contribution is 0.414. The largest absolute Gasteiger partial charge is 0.497 e. The fourth-order valence-corrected chi connectivity index (χ4v) is 2.68. The molecule has 5 nitrogen and oxygen atoms in total. The summed E-state index contributed by atoms with van der Waals surface area (Å²) in [5.74, 6) is 1.21. The molecule has 0 fully saturated rings. The first kappa shape index (κ1) is 20.4. The van der Waals surface area contributed by atoms with Crippen LogP contribution in [0.5, 0.6) is 5.75 Å². The monoisotopic (exact) mass is 410 g/mol. The van der Waals surface area contributed by atoms with Crippen LogP contribution in [0.1, 0.15) is 24.1 Å². The van der Waals surface area contributed by atoms with Gasteiger partial charge in [-0.3, -0.25) is 9.97 Å². The number of aromatic nitrogens is 4. The highest BCUT2D eigenvalue weighted by atomic mass is 35.5. The normalized spacial score (nSPS) is 11.3. The molecular formula is C18H17Cl3N4O. The van der Waals surface area contributed by atoms with E-state index >= 15 is 0 Å². The predicted molar refractivity (Wildman–Crippen MR) is 104 cm³/mol. The fourth-order valence-electron chi connectivity index (χ4n) is 2.18. The van der Waals surface area contributed by atoms with Gasteiger partial charge < -0.3 is 4.74 Å². The van der Waals surface area contributed by atoms with E-state index in [9.17, 15) is 0 Å². The second-order valence-electron chi connectivity index (χ2n) is 5.38. The Hall–Kier alpha value is -1.95. The summed E-state index contributed by atoms with van der Waals surface area (Å²) in [7, 11) is 1.67. The van der Waals surface area contributed by atoms with Gasteiger partial charge in [0, 0.05) is 6.20 Å². The molecule has 1 atom stereocenters. The van der Waals surface area contributed by atoms with Crippen molar-refractivity contribution in [1.29, 1.82) is 0 Å². The molecule has 3 rings (SSSR count). The second kappa shape index (κ2) is 10.3. The van der Waals surface area contributed by atoms with Crippen molar-refractivity contribution in [3.8, 4) is 5.75 Å². The maximum atomic E-state index is 5.83. The number of nitrogens with zero attached hydrogens (tertiary/aromatic N) is 4. The van der Waals surface area contributed by atoms with Crippen molar-refractivity contribution in [2.75, 3.05) is 7.11 Å². The zero-order valence-corrected chi connectivity index (χ0v) is 16.5. The van der Waals surface area contributed by atoms with Crippen molar-refractivity contribution in [2.24, 2.45) is 0 Å². The van der Waals surface area contributed by atoms with Crippen LogP contribution >= 0.6 is 34.8 Å². The molecule has 2 heterocycles. The summed E-state index contributed by atoms with van der Waals surface area (Å²) in [5, 5.41) is 1.07. The minimum absolute atomic E-state index is 0.317. The average molecular weight is 412 g/mol. The molecule has 0 N–H and O–H groups in total. The van der Waals surface area contributed by atoms with Crippen LogP contribution in [-0.2, 0) is 6.42 Å². The Kier molecular flexibility index (Phi) is 8.04. The fraction of sp³-hybridized carbons (Fsp3) is 0.222. The lowest BCUT2D eigenvalue weighted by atomic mass is 9.96. The van der Waals surface area contributed by atoms with Gasteiger partial charge in [-0.25, -0.2) is 9.97 Å². The van der Waals surface area contributed by atoms with E-state index in [0.717, 1.165) is 17.9 Å². The maximum absolute atomic E-state index is 5.83. The van der Waals surface area contributed by atoms with Gasteiger partial charge in [0.1, 0.15) is 21.2 Å². The molecule has 0 spiro atoms. The van der Waals surface area contributed by atoms with E-state index in [1.54, 1.807) is 19.5 Å². The summed E-state index contributed by atoms with van der Waals surface area (Å²) in [5.41, 5.74) is 2.12. The van der Waals surface area contributed by atoms with E-state index < -0.39 is 0 Å². The van der Waals surface area contributed by atoms with Crippen molar-refractivity contribution >= 4 is 34.8 Å². The highest BCUT2D eigenvalue weighted by Crippen LogP contribution is 2.23.